The summed E-state index contributed by atoms with van der Waals surface area (Å²) < 4.78 is 5.39. The third kappa shape index (κ3) is 4.09. The van der Waals surface area contributed by atoms with Gasteiger partial charge in [-0.2, -0.15) is 0 Å². The van der Waals surface area contributed by atoms with E-state index >= 15 is 0 Å². The lowest BCUT2D eigenvalue weighted by molar-refractivity contribution is -0.118. The molecule has 0 unspecified atom stereocenters. The SMILES string of the molecule is C[C@@]12C[C@@H](C(=O)Nc3nc(Cl)ccc3CN3CCOCC3)N[C@@H]1C2.Cl. The quantitative estimate of drug-likeness (QED) is 0.775. The highest BCUT2D eigenvalue weighted by Gasteiger charge is 2.58. The van der Waals surface area contributed by atoms with Crippen molar-refractivity contribution in [3.63, 3.8) is 0 Å². The highest BCUT2D eigenvalue weighted by atomic mass is 35.5. The summed E-state index contributed by atoms with van der Waals surface area (Å²) in [5.74, 6) is 0.563. The number of hydrogen-bond donors (Lipinski definition) is 2. The number of nitrogens with one attached hydrogen (secondary N) is 2. The molecule has 4 rings (SSSR count). The van der Waals surface area contributed by atoms with Crippen molar-refractivity contribution in [3.8, 4) is 0 Å². The van der Waals surface area contributed by atoms with E-state index in [2.05, 4.69) is 27.4 Å². The van der Waals surface area contributed by atoms with Crippen LogP contribution in [-0.4, -0.2) is 54.2 Å². The van der Waals surface area contributed by atoms with Crippen LogP contribution in [0.15, 0.2) is 12.1 Å². The third-order valence-electron chi connectivity index (χ3n) is 5.42. The highest BCUT2D eigenvalue weighted by Crippen LogP contribution is 2.53. The van der Waals surface area contributed by atoms with Crippen LogP contribution in [0.1, 0.15) is 25.3 Å². The Labute approximate surface area is 159 Å². The van der Waals surface area contributed by atoms with Gasteiger partial charge in [0.1, 0.15) is 11.0 Å². The number of piperidine rings is 1. The fourth-order valence-corrected chi connectivity index (χ4v) is 3.88. The smallest absolute Gasteiger partial charge is 0.242 e. The molecule has 0 spiro atoms. The molecule has 1 aromatic heterocycles. The number of ether oxygens (including phenoxy) is 1. The number of carbonyl (C=O) groups is 1. The highest BCUT2D eigenvalue weighted by molar-refractivity contribution is 6.29. The predicted molar refractivity (Wildman–Crippen MR) is 99.3 cm³/mol. The third-order valence-corrected chi connectivity index (χ3v) is 5.64. The summed E-state index contributed by atoms with van der Waals surface area (Å²) in [5.41, 5.74) is 1.30. The molecule has 6 nitrogen and oxygen atoms in total. The van der Waals surface area contributed by atoms with Crippen LogP contribution < -0.4 is 10.6 Å². The van der Waals surface area contributed by atoms with Crippen molar-refractivity contribution in [2.45, 2.75) is 38.4 Å². The number of hydrogen-bond acceptors (Lipinski definition) is 5. The average Bonchev–Trinajstić information content (AvgIpc) is 3.08. The van der Waals surface area contributed by atoms with Crippen LogP contribution in [-0.2, 0) is 16.1 Å². The number of aromatic nitrogens is 1. The van der Waals surface area contributed by atoms with Gasteiger partial charge in [0.25, 0.3) is 0 Å². The molecule has 3 fully saturated rings. The van der Waals surface area contributed by atoms with E-state index < -0.39 is 0 Å². The minimum atomic E-state index is -0.134. The molecule has 1 saturated carbocycles. The monoisotopic (exact) mass is 386 g/mol. The molecule has 2 aliphatic heterocycles. The number of fused-ring (bicyclic) bond motifs is 1. The molecule has 2 N–H and O–H groups in total. The minimum Gasteiger partial charge on any atom is -0.379 e. The van der Waals surface area contributed by atoms with Crippen LogP contribution >= 0.6 is 24.0 Å². The van der Waals surface area contributed by atoms with Gasteiger partial charge in [-0.05, 0) is 24.3 Å². The van der Waals surface area contributed by atoms with Gasteiger partial charge in [-0.25, -0.2) is 4.98 Å². The first-order chi connectivity index (χ1) is 11.5. The fourth-order valence-electron chi connectivity index (χ4n) is 3.73. The molecule has 1 aromatic rings. The molecule has 0 radical (unpaired) electrons. The molecule has 3 aliphatic rings. The standard InChI is InChI=1S/C17H23ClN4O2.ClH/c1-17-8-12(19-13(17)9-17)16(23)21-15-11(2-3-14(18)20-15)10-22-4-6-24-7-5-22;/h2-3,12-13,19H,4-10H2,1H3,(H,20,21,23);1H/t12-,13+,17-;/m0./s1. The number of morpholine rings is 1. The van der Waals surface area contributed by atoms with Gasteiger partial charge >= 0.3 is 0 Å². The van der Waals surface area contributed by atoms with Crippen molar-refractivity contribution in [1.29, 1.82) is 0 Å². The second kappa shape index (κ2) is 7.37. The maximum atomic E-state index is 12.6. The van der Waals surface area contributed by atoms with Gasteiger partial charge < -0.3 is 15.4 Å². The molecule has 3 atom stereocenters. The average molecular weight is 387 g/mol. The van der Waals surface area contributed by atoms with E-state index in [4.69, 9.17) is 16.3 Å². The summed E-state index contributed by atoms with van der Waals surface area (Å²) in [6.45, 7) is 6.24. The number of halogens is 2. The van der Waals surface area contributed by atoms with E-state index in [9.17, 15) is 4.79 Å². The van der Waals surface area contributed by atoms with Gasteiger partial charge in [-0.1, -0.05) is 24.6 Å². The molecule has 0 aromatic carbocycles. The fraction of sp³-hybridized carbons (Fsp3) is 0.647. The maximum Gasteiger partial charge on any atom is 0.242 e. The summed E-state index contributed by atoms with van der Waals surface area (Å²) in [7, 11) is 0. The summed E-state index contributed by atoms with van der Waals surface area (Å²) in [5, 5.41) is 6.78. The van der Waals surface area contributed by atoms with Gasteiger partial charge in [0.2, 0.25) is 5.91 Å². The van der Waals surface area contributed by atoms with Gasteiger partial charge in [-0.3, -0.25) is 9.69 Å². The molecular weight excluding hydrogens is 363 g/mol. The van der Waals surface area contributed by atoms with Crippen molar-refractivity contribution in [3.05, 3.63) is 22.8 Å². The first-order valence-corrected chi connectivity index (χ1v) is 8.94. The van der Waals surface area contributed by atoms with E-state index in [0.29, 0.717) is 22.4 Å². The number of amides is 1. The Bertz CT molecular complexity index is 654. The lowest BCUT2D eigenvalue weighted by Gasteiger charge is -2.27. The summed E-state index contributed by atoms with van der Waals surface area (Å²) in [6.07, 6.45) is 2.07. The van der Waals surface area contributed by atoms with E-state index in [1.54, 1.807) is 6.07 Å². The van der Waals surface area contributed by atoms with Crippen molar-refractivity contribution >= 4 is 35.7 Å². The molecule has 3 heterocycles. The van der Waals surface area contributed by atoms with Crippen LogP contribution in [0.5, 0.6) is 0 Å². The number of carbonyl (C=O) groups excluding carboxylic acids is 1. The van der Waals surface area contributed by atoms with Crippen LogP contribution in [0, 0.1) is 5.41 Å². The Balaban J connectivity index is 0.00000182. The number of pyridine rings is 1. The van der Waals surface area contributed by atoms with Crippen LogP contribution in [0.3, 0.4) is 0 Å². The van der Waals surface area contributed by atoms with Gasteiger partial charge in [0.15, 0.2) is 0 Å². The molecule has 1 aliphatic carbocycles. The van der Waals surface area contributed by atoms with Gasteiger partial charge in [0.05, 0.1) is 19.3 Å². The van der Waals surface area contributed by atoms with Crippen molar-refractivity contribution in [2.75, 3.05) is 31.6 Å². The Hall–Kier alpha value is -0.920. The molecular formula is C17H24Cl2N4O2. The zero-order valence-electron chi connectivity index (χ0n) is 14.3. The Kier molecular flexibility index (Phi) is 5.56. The number of rotatable bonds is 4. The van der Waals surface area contributed by atoms with Crippen LogP contribution in [0.25, 0.3) is 0 Å². The summed E-state index contributed by atoms with van der Waals surface area (Å²) in [6, 6.07) is 4.08. The Morgan fingerprint density at radius 1 is 1.44 bits per heavy atom. The molecule has 0 bridgehead atoms. The topological polar surface area (TPSA) is 66.5 Å². The number of nitrogens with zero attached hydrogens (tertiary/aromatic N) is 2. The first-order valence-electron chi connectivity index (χ1n) is 8.56. The van der Waals surface area contributed by atoms with Gasteiger partial charge in [-0.15, -0.1) is 12.4 Å². The van der Waals surface area contributed by atoms with Gasteiger partial charge in [0, 0.05) is 31.2 Å². The molecule has 25 heavy (non-hydrogen) atoms. The minimum absolute atomic E-state index is 0. The van der Waals surface area contributed by atoms with Crippen molar-refractivity contribution in [2.24, 2.45) is 5.41 Å². The largest absolute Gasteiger partial charge is 0.379 e. The lowest BCUT2D eigenvalue weighted by Crippen LogP contribution is -2.39. The molecule has 138 valence electrons. The lowest BCUT2D eigenvalue weighted by atomic mass is 10.0. The van der Waals surface area contributed by atoms with E-state index in [-0.39, 0.29) is 24.4 Å². The predicted octanol–water partition coefficient (Wildman–Crippen LogP) is 2.07. The zero-order chi connectivity index (χ0) is 16.7. The second-order valence-electron chi connectivity index (χ2n) is 7.35. The van der Waals surface area contributed by atoms with E-state index in [0.717, 1.165) is 44.8 Å². The second-order valence-corrected chi connectivity index (χ2v) is 7.74. The summed E-state index contributed by atoms with van der Waals surface area (Å²) >= 11 is 6.04. The zero-order valence-corrected chi connectivity index (χ0v) is 15.8. The molecule has 1 amide bonds. The number of anilines is 1. The maximum absolute atomic E-state index is 12.6. The first kappa shape index (κ1) is 18.9. The van der Waals surface area contributed by atoms with E-state index in [1.807, 2.05) is 6.07 Å². The Morgan fingerprint density at radius 2 is 2.20 bits per heavy atom. The Morgan fingerprint density at radius 3 is 2.88 bits per heavy atom. The van der Waals surface area contributed by atoms with E-state index in [1.165, 1.54) is 6.42 Å². The van der Waals surface area contributed by atoms with Crippen molar-refractivity contribution in [1.82, 2.24) is 15.2 Å². The molecule has 2 saturated heterocycles. The normalized spacial score (nSPS) is 31.1. The molecule has 8 heteroatoms. The van der Waals surface area contributed by atoms with Crippen LogP contribution in [0.4, 0.5) is 5.82 Å². The summed E-state index contributed by atoms with van der Waals surface area (Å²) in [4.78, 5) is 19.2. The van der Waals surface area contributed by atoms with Crippen molar-refractivity contribution < 1.29 is 9.53 Å². The van der Waals surface area contributed by atoms with Crippen LogP contribution in [0.2, 0.25) is 5.15 Å².